The SMILES string of the molecule is CC[C@H](CN1CCCCC1)NC(=O)Cc1c(C)nc(-c2ccccc2)nc1OC. The number of ether oxygens (including phenoxy) is 1. The summed E-state index contributed by atoms with van der Waals surface area (Å²) in [4.78, 5) is 24.4. The summed E-state index contributed by atoms with van der Waals surface area (Å²) in [5, 5.41) is 3.20. The molecule has 1 fully saturated rings. The van der Waals surface area contributed by atoms with Gasteiger partial charge < -0.3 is 15.0 Å². The fourth-order valence-electron chi connectivity index (χ4n) is 3.83. The molecule has 1 atom stereocenters. The topological polar surface area (TPSA) is 67.4 Å². The molecule has 156 valence electrons. The number of benzene rings is 1. The molecule has 6 heteroatoms. The Morgan fingerprint density at radius 1 is 1.17 bits per heavy atom. The normalized spacial score (nSPS) is 15.7. The third-order valence-corrected chi connectivity index (χ3v) is 5.52. The van der Waals surface area contributed by atoms with E-state index in [0.29, 0.717) is 11.7 Å². The second kappa shape index (κ2) is 10.3. The Bertz CT molecular complexity index is 804. The largest absolute Gasteiger partial charge is 0.481 e. The zero-order chi connectivity index (χ0) is 20.6. The quantitative estimate of drug-likeness (QED) is 0.741. The molecule has 6 nitrogen and oxygen atoms in total. The summed E-state index contributed by atoms with van der Waals surface area (Å²) in [6, 6.07) is 9.96. The molecule has 0 saturated carbocycles. The fourth-order valence-corrected chi connectivity index (χ4v) is 3.83. The van der Waals surface area contributed by atoms with Crippen LogP contribution in [-0.2, 0) is 11.2 Å². The smallest absolute Gasteiger partial charge is 0.224 e. The van der Waals surface area contributed by atoms with E-state index >= 15 is 0 Å². The summed E-state index contributed by atoms with van der Waals surface area (Å²) >= 11 is 0. The molecule has 1 N–H and O–H groups in total. The van der Waals surface area contributed by atoms with E-state index in [1.165, 1.54) is 19.3 Å². The van der Waals surface area contributed by atoms with Crippen molar-refractivity contribution in [2.24, 2.45) is 0 Å². The van der Waals surface area contributed by atoms with Gasteiger partial charge in [-0.1, -0.05) is 43.7 Å². The third kappa shape index (κ3) is 5.76. The van der Waals surface area contributed by atoms with E-state index in [2.05, 4.69) is 27.1 Å². The third-order valence-electron chi connectivity index (χ3n) is 5.52. The average Bonchev–Trinajstić information content (AvgIpc) is 2.75. The lowest BCUT2D eigenvalue weighted by molar-refractivity contribution is -0.121. The second-order valence-electron chi connectivity index (χ2n) is 7.70. The molecule has 2 aromatic rings. The number of piperidine rings is 1. The summed E-state index contributed by atoms with van der Waals surface area (Å²) in [7, 11) is 1.59. The molecule has 1 amide bonds. The zero-order valence-electron chi connectivity index (χ0n) is 17.8. The Balaban J connectivity index is 1.68. The number of nitrogens with one attached hydrogen (secondary N) is 1. The zero-order valence-corrected chi connectivity index (χ0v) is 17.8. The van der Waals surface area contributed by atoms with Gasteiger partial charge in [0.15, 0.2) is 5.82 Å². The minimum Gasteiger partial charge on any atom is -0.481 e. The number of hydrogen-bond donors (Lipinski definition) is 1. The molecule has 2 heterocycles. The minimum absolute atomic E-state index is 0.00804. The van der Waals surface area contributed by atoms with Gasteiger partial charge in [-0.15, -0.1) is 0 Å². The highest BCUT2D eigenvalue weighted by Gasteiger charge is 2.20. The number of aromatic nitrogens is 2. The van der Waals surface area contributed by atoms with Crippen LogP contribution in [0.2, 0.25) is 0 Å². The Morgan fingerprint density at radius 3 is 2.55 bits per heavy atom. The maximum Gasteiger partial charge on any atom is 0.224 e. The Kier molecular flexibility index (Phi) is 7.58. The highest BCUT2D eigenvalue weighted by atomic mass is 16.5. The molecule has 0 radical (unpaired) electrons. The molecular formula is C23H32N4O2. The number of nitrogens with zero attached hydrogens (tertiary/aromatic N) is 3. The average molecular weight is 397 g/mol. The van der Waals surface area contributed by atoms with E-state index in [0.717, 1.165) is 42.9 Å². The number of aryl methyl sites for hydroxylation is 1. The number of rotatable bonds is 8. The van der Waals surface area contributed by atoms with Gasteiger partial charge in [0.05, 0.1) is 13.5 Å². The summed E-state index contributed by atoms with van der Waals surface area (Å²) in [5.74, 6) is 1.07. The molecule has 1 aliphatic heterocycles. The van der Waals surface area contributed by atoms with Crippen molar-refractivity contribution in [3.63, 3.8) is 0 Å². The van der Waals surface area contributed by atoms with Crippen molar-refractivity contribution in [3.05, 3.63) is 41.6 Å². The number of carbonyl (C=O) groups is 1. The van der Waals surface area contributed by atoms with Crippen LogP contribution in [-0.4, -0.2) is 53.6 Å². The molecule has 1 saturated heterocycles. The minimum atomic E-state index is -0.00804. The van der Waals surface area contributed by atoms with Gasteiger partial charge in [0.2, 0.25) is 11.8 Å². The van der Waals surface area contributed by atoms with Gasteiger partial charge in [0.1, 0.15) is 0 Å². The number of likely N-dealkylation sites (tertiary alicyclic amines) is 1. The van der Waals surface area contributed by atoms with Gasteiger partial charge in [-0.25, -0.2) is 4.98 Å². The van der Waals surface area contributed by atoms with Crippen LogP contribution in [0, 0.1) is 6.92 Å². The number of hydrogen-bond acceptors (Lipinski definition) is 5. The Morgan fingerprint density at radius 2 is 1.90 bits per heavy atom. The first kappa shape index (κ1) is 21.2. The standard InChI is InChI=1S/C23H32N4O2/c1-4-19(16-27-13-9-6-10-14-27)25-21(28)15-20-17(2)24-22(26-23(20)29-3)18-11-7-5-8-12-18/h5,7-8,11-12,19H,4,6,9-10,13-16H2,1-3H3,(H,25,28)/t19-/m1/s1. The van der Waals surface area contributed by atoms with Crippen molar-refractivity contribution in [1.29, 1.82) is 0 Å². The van der Waals surface area contributed by atoms with Crippen LogP contribution in [0.15, 0.2) is 30.3 Å². The molecule has 0 unspecified atom stereocenters. The van der Waals surface area contributed by atoms with E-state index in [1.54, 1.807) is 7.11 Å². The van der Waals surface area contributed by atoms with Crippen molar-refractivity contribution in [2.45, 2.75) is 52.0 Å². The first-order valence-electron chi connectivity index (χ1n) is 10.6. The molecular weight excluding hydrogens is 364 g/mol. The summed E-state index contributed by atoms with van der Waals surface area (Å²) in [6.45, 7) is 7.22. The summed E-state index contributed by atoms with van der Waals surface area (Å²) < 4.78 is 5.50. The fraction of sp³-hybridized carbons (Fsp3) is 0.522. The second-order valence-corrected chi connectivity index (χ2v) is 7.70. The lowest BCUT2D eigenvalue weighted by Crippen LogP contribution is -2.45. The predicted octanol–water partition coefficient (Wildman–Crippen LogP) is 3.38. The molecule has 29 heavy (non-hydrogen) atoms. The van der Waals surface area contributed by atoms with Crippen LogP contribution >= 0.6 is 0 Å². The lowest BCUT2D eigenvalue weighted by atomic mass is 10.1. The highest BCUT2D eigenvalue weighted by Crippen LogP contribution is 2.24. The first-order chi connectivity index (χ1) is 14.1. The molecule has 0 aliphatic carbocycles. The van der Waals surface area contributed by atoms with E-state index in [4.69, 9.17) is 4.74 Å². The molecule has 0 bridgehead atoms. The molecule has 1 aromatic heterocycles. The van der Waals surface area contributed by atoms with Gasteiger partial charge in [-0.05, 0) is 39.3 Å². The van der Waals surface area contributed by atoms with Crippen molar-refractivity contribution in [2.75, 3.05) is 26.7 Å². The maximum absolute atomic E-state index is 12.8. The van der Waals surface area contributed by atoms with Gasteiger partial charge >= 0.3 is 0 Å². The van der Waals surface area contributed by atoms with E-state index < -0.39 is 0 Å². The van der Waals surface area contributed by atoms with Gasteiger partial charge in [-0.2, -0.15) is 4.98 Å². The van der Waals surface area contributed by atoms with Gasteiger partial charge in [-0.3, -0.25) is 4.79 Å². The van der Waals surface area contributed by atoms with Crippen molar-refractivity contribution >= 4 is 5.91 Å². The van der Waals surface area contributed by atoms with Crippen molar-refractivity contribution < 1.29 is 9.53 Å². The molecule has 1 aliphatic rings. The first-order valence-corrected chi connectivity index (χ1v) is 10.6. The Labute approximate surface area is 173 Å². The van der Waals surface area contributed by atoms with Gasteiger partial charge in [0, 0.05) is 29.4 Å². The van der Waals surface area contributed by atoms with Crippen LogP contribution in [0.4, 0.5) is 0 Å². The summed E-state index contributed by atoms with van der Waals surface area (Å²) in [5.41, 5.74) is 2.45. The van der Waals surface area contributed by atoms with E-state index in [1.807, 2.05) is 37.3 Å². The van der Waals surface area contributed by atoms with Crippen LogP contribution in [0.25, 0.3) is 11.4 Å². The molecule has 3 rings (SSSR count). The van der Waals surface area contributed by atoms with Crippen LogP contribution in [0.3, 0.4) is 0 Å². The number of amides is 1. The summed E-state index contributed by atoms with van der Waals surface area (Å²) in [6.07, 6.45) is 4.97. The van der Waals surface area contributed by atoms with E-state index in [9.17, 15) is 4.79 Å². The highest BCUT2D eigenvalue weighted by molar-refractivity contribution is 5.80. The predicted molar refractivity (Wildman–Crippen MR) is 115 cm³/mol. The van der Waals surface area contributed by atoms with Crippen molar-refractivity contribution in [3.8, 4) is 17.3 Å². The number of carbonyl (C=O) groups excluding carboxylic acids is 1. The van der Waals surface area contributed by atoms with Crippen molar-refractivity contribution in [1.82, 2.24) is 20.2 Å². The Hall–Kier alpha value is -2.47. The van der Waals surface area contributed by atoms with Crippen LogP contribution < -0.4 is 10.1 Å². The maximum atomic E-state index is 12.8. The molecule has 1 aromatic carbocycles. The lowest BCUT2D eigenvalue weighted by Gasteiger charge is -2.30. The monoisotopic (exact) mass is 396 g/mol. The van der Waals surface area contributed by atoms with Crippen LogP contribution in [0.5, 0.6) is 5.88 Å². The van der Waals surface area contributed by atoms with E-state index in [-0.39, 0.29) is 18.4 Å². The number of methoxy groups -OCH3 is 1. The van der Waals surface area contributed by atoms with Crippen LogP contribution in [0.1, 0.15) is 43.9 Å². The molecule has 0 spiro atoms. The van der Waals surface area contributed by atoms with Gasteiger partial charge in [0.25, 0.3) is 0 Å².